The van der Waals surface area contributed by atoms with Crippen molar-refractivity contribution in [1.29, 1.82) is 0 Å². The van der Waals surface area contributed by atoms with E-state index in [1.165, 1.54) is 17.0 Å². The predicted molar refractivity (Wildman–Crippen MR) is 155 cm³/mol. The third kappa shape index (κ3) is 10.6. The second-order valence-electron chi connectivity index (χ2n) is 11.0. The summed E-state index contributed by atoms with van der Waals surface area (Å²) in [5.41, 5.74) is 1.28. The van der Waals surface area contributed by atoms with Crippen molar-refractivity contribution in [3.8, 4) is 5.75 Å². The van der Waals surface area contributed by atoms with Crippen LogP contribution in [0.25, 0.3) is 0 Å². The van der Waals surface area contributed by atoms with E-state index in [2.05, 4.69) is 17.6 Å². The number of benzene rings is 2. The Morgan fingerprint density at radius 1 is 0.974 bits per heavy atom. The van der Waals surface area contributed by atoms with Crippen molar-refractivity contribution in [3.63, 3.8) is 0 Å². The number of alkyl carbamates (subject to hydrolysis) is 1. The fourth-order valence-corrected chi connectivity index (χ4v) is 4.31. The number of carbonyl (C=O) groups excluding carboxylic acids is 3. The summed E-state index contributed by atoms with van der Waals surface area (Å²) in [6.07, 6.45) is 5.34. The number of hydrogen-bond acceptors (Lipinski definition) is 5. The maximum Gasteiger partial charge on any atom is 0.408 e. The molecule has 0 aromatic heterocycles. The van der Waals surface area contributed by atoms with Gasteiger partial charge in [0.15, 0.2) is 0 Å². The summed E-state index contributed by atoms with van der Waals surface area (Å²) in [4.78, 5) is 41.6. The van der Waals surface area contributed by atoms with E-state index < -0.39 is 35.6 Å². The van der Waals surface area contributed by atoms with Crippen LogP contribution in [0.15, 0.2) is 48.5 Å². The number of phenolic OH excluding ortho intramolecular Hbond substituents is 1. The highest BCUT2D eigenvalue weighted by molar-refractivity contribution is 5.99. The zero-order valence-electron chi connectivity index (χ0n) is 24.3. The van der Waals surface area contributed by atoms with Crippen LogP contribution in [0.3, 0.4) is 0 Å². The van der Waals surface area contributed by atoms with Crippen molar-refractivity contribution in [2.45, 2.75) is 97.8 Å². The second kappa shape index (κ2) is 15.1. The van der Waals surface area contributed by atoms with Gasteiger partial charge in [-0.15, -0.1) is 0 Å². The first-order valence-corrected chi connectivity index (χ1v) is 13.9. The highest BCUT2D eigenvalue weighted by Gasteiger charge is 2.35. The summed E-state index contributed by atoms with van der Waals surface area (Å²) in [5, 5.41) is 15.8. The van der Waals surface area contributed by atoms with Crippen molar-refractivity contribution in [3.05, 3.63) is 59.7 Å². The van der Waals surface area contributed by atoms with Crippen LogP contribution >= 0.6 is 0 Å². The minimum atomic E-state index is -1.03. The molecule has 0 aliphatic carbocycles. The molecule has 8 heteroatoms. The third-order valence-corrected chi connectivity index (χ3v) is 6.29. The van der Waals surface area contributed by atoms with Crippen molar-refractivity contribution in [1.82, 2.24) is 10.2 Å². The monoisotopic (exact) mass is 539 g/mol. The minimum Gasteiger partial charge on any atom is -0.508 e. The number of unbranched alkanes of at least 4 members (excludes halogenated alkanes) is 5. The van der Waals surface area contributed by atoms with Crippen molar-refractivity contribution < 1.29 is 24.2 Å². The number of para-hydroxylation sites is 1. The number of phenols is 1. The average Bonchev–Trinajstić information content (AvgIpc) is 2.85. The number of nitrogens with zero attached hydrogens (tertiary/aromatic N) is 1. The number of hydrogen-bond donors (Lipinski definition) is 3. The molecule has 2 aromatic carbocycles. The smallest absolute Gasteiger partial charge is 0.408 e. The van der Waals surface area contributed by atoms with Crippen LogP contribution in [0.4, 0.5) is 10.5 Å². The molecule has 39 heavy (non-hydrogen) atoms. The van der Waals surface area contributed by atoms with Gasteiger partial charge >= 0.3 is 6.09 Å². The zero-order chi connectivity index (χ0) is 29.0. The van der Waals surface area contributed by atoms with Crippen LogP contribution in [-0.4, -0.2) is 46.1 Å². The fraction of sp³-hybridized carbons (Fsp3) is 0.516. The molecule has 0 aliphatic heterocycles. The van der Waals surface area contributed by atoms with Crippen LogP contribution < -0.4 is 10.6 Å². The van der Waals surface area contributed by atoms with Gasteiger partial charge in [-0.25, -0.2) is 4.79 Å². The summed E-state index contributed by atoms with van der Waals surface area (Å²) in [5.74, 6) is -0.825. The molecule has 214 valence electrons. The van der Waals surface area contributed by atoms with Crippen LogP contribution in [0.2, 0.25) is 0 Å². The molecule has 3 amide bonds. The van der Waals surface area contributed by atoms with E-state index in [1.54, 1.807) is 45.9 Å². The van der Waals surface area contributed by atoms with Gasteiger partial charge in [0.1, 0.15) is 23.4 Å². The molecule has 0 aliphatic rings. The Labute approximate surface area is 233 Å². The summed E-state index contributed by atoms with van der Waals surface area (Å²) in [6, 6.07) is 11.8. The number of carbonyl (C=O) groups is 3. The normalized spacial score (nSPS) is 12.8. The number of aromatic hydroxyl groups is 1. The van der Waals surface area contributed by atoms with Gasteiger partial charge in [0.2, 0.25) is 5.91 Å². The van der Waals surface area contributed by atoms with E-state index >= 15 is 0 Å². The van der Waals surface area contributed by atoms with Crippen molar-refractivity contribution >= 4 is 23.6 Å². The number of amides is 3. The van der Waals surface area contributed by atoms with Gasteiger partial charge in [0.05, 0.1) is 0 Å². The lowest BCUT2D eigenvalue weighted by Gasteiger charge is -2.34. The van der Waals surface area contributed by atoms with E-state index in [-0.39, 0.29) is 5.75 Å². The summed E-state index contributed by atoms with van der Waals surface area (Å²) in [6.45, 7) is 11.2. The first kappa shape index (κ1) is 31.7. The summed E-state index contributed by atoms with van der Waals surface area (Å²) >= 11 is 0. The molecule has 8 nitrogen and oxygen atoms in total. The Morgan fingerprint density at radius 3 is 2.28 bits per heavy atom. The molecular formula is C31H45N3O5. The Bertz CT molecular complexity index is 1100. The van der Waals surface area contributed by atoms with Gasteiger partial charge in [0.25, 0.3) is 5.91 Å². The van der Waals surface area contributed by atoms with E-state index in [1.807, 2.05) is 25.1 Å². The lowest BCUT2D eigenvalue weighted by atomic mass is 10.0. The number of nitrogens with one attached hydrogen (secondary N) is 2. The second-order valence-corrected chi connectivity index (χ2v) is 11.0. The number of anilines is 1. The van der Waals surface area contributed by atoms with Crippen molar-refractivity contribution in [2.75, 3.05) is 11.9 Å². The average molecular weight is 540 g/mol. The Kier molecular flexibility index (Phi) is 12.3. The molecule has 0 fully saturated rings. The first-order valence-electron chi connectivity index (χ1n) is 13.9. The molecule has 0 heterocycles. The highest BCUT2D eigenvalue weighted by Crippen LogP contribution is 2.28. The van der Waals surface area contributed by atoms with E-state index in [0.29, 0.717) is 24.2 Å². The van der Waals surface area contributed by atoms with Crippen LogP contribution in [0, 0.1) is 6.92 Å². The maximum atomic E-state index is 13.8. The molecule has 0 radical (unpaired) electrons. The molecular weight excluding hydrogens is 494 g/mol. The van der Waals surface area contributed by atoms with Gasteiger partial charge in [-0.05, 0) is 70.4 Å². The molecule has 2 atom stereocenters. The Hall–Kier alpha value is -3.55. The molecule has 0 spiro atoms. The van der Waals surface area contributed by atoms with Crippen LogP contribution in [0.5, 0.6) is 5.75 Å². The van der Waals surface area contributed by atoms with Crippen molar-refractivity contribution in [2.24, 2.45) is 0 Å². The van der Waals surface area contributed by atoms with E-state index in [9.17, 15) is 19.5 Å². The lowest BCUT2D eigenvalue weighted by molar-refractivity contribution is -0.140. The molecule has 3 N–H and O–H groups in total. The molecule has 0 bridgehead atoms. The van der Waals surface area contributed by atoms with Gasteiger partial charge < -0.3 is 25.4 Å². The number of rotatable bonds is 13. The standard InChI is InChI=1S/C31H45N3O5/c1-7-8-9-10-11-14-20-34(29(37)23(3)32-30(38)39-31(4,5)6)27(24-17-15-18-25(35)21-24)28(36)33-26-19-13-12-16-22(26)2/h12-13,15-19,21,23,27,35H,7-11,14,20H2,1-6H3,(H,32,38)(H,33,36). The third-order valence-electron chi connectivity index (χ3n) is 6.29. The van der Waals surface area contributed by atoms with Gasteiger partial charge in [-0.1, -0.05) is 69.4 Å². The molecule has 0 saturated heterocycles. The topological polar surface area (TPSA) is 108 Å². The number of aryl methyl sites for hydroxylation is 1. The first-order chi connectivity index (χ1) is 18.4. The van der Waals surface area contributed by atoms with E-state index in [4.69, 9.17) is 4.74 Å². The summed E-state index contributed by atoms with van der Waals surface area (Å²) < 4.78 is 5.34. The SMILES string of the molecule is CCCCCCCCN(C(=O)C(C)NC(=O)OC(C)(C)C)C(C(=O)Nc1ccccc1C)c1cccc(O)c1. The van der Waals surface area contributed by atoms with Crippen LogP contribution in [-0.2, 0) is 14.3 Å². The Balaban J connectivity index is 2.40. The number of ether oxygens (including phenoxy) is 1. The van der Waals surface area contributed by atoms with Gasteiger partial charge in [0, 0.05) is 12.2 Å². The summed E-state index contributed by atoms with van der Waals surface area (Å²) in [7, 11) is 0. The quantitative estimate of drug-likeness (QED) is 0.252. The minimum absolute atomic E-state index is 0.00640. The van der Waals surface area contributed by atoms with Gasteiger partial charge in [-0.2, -0.15) is 0 Å². The fourth-order valence-electron chi connectivity index (χ4n) is 4.31. The van der Waals surface area contributed by atoms with Crippen LogP contribution in [0.1, 0.15) is 90.3 Å². The maximum absolute atomic E-state index is 13.8. The largest absolute Gasteiger partial charge is 0.508 e. The molecule has 2 rings (SSSR count). The molecule has 0 saturated carbocycles. The zero-order valence-corrected chi connectivity index (χ0v) is 24.3. The highest BCUT2D eigenvalue weighted by atomic mass is 16.6. The molecule has 2 aromatic rings. The lowest BCUT2D eigenvalue weighted by Crippen LogP contribution is -2.51. The predicted octanol–water partition coefficient (Wildman–Crippen LogP) is 6.48. The molecule has 2 unspecified atom stereocenters. The Morgan fingerprint density at radius 2 is 1.64 bits per heavy atom. The van der Waals surface area contributed by atoms with E-state index in [0.717, 1.165) is 37.7 Å². The van der Waals surface area contributed by atoms with Gasteiger partial charge in [-0.3, -0.25) is 9.59 Å².